The van der Waals surface area contributed by atoms with Crippen molar-refractivity contribution in [2.75, 3.05) is 6.26 Å². The fourth-order valence-corrected chi connectivity index (χ4v) is 4.48. The fourth-order valence-electron chi connectivity index (χ4n) is 3.66. The average Bonchev–Trinajstić information content (AvgIpc) is 2.74. The standard InChI is InChI=1S/C16H30N2OS/c1-5-14-16(19)18(15(17-14)9-11(2)3)12-7-6-8-13(10-12)20-4/h11-15,17H,5-10H2,1-4H3. The van der Waals surface area contributed by atoms with Gasteiger partial charge in [0.15, 0.2) is 0 Å². The largest absolute Gasteiger partial charge is 0.323 e. The Morgan fingerprint density at radius 2 is 2.15 bits per heavy atom. The van der Waals surface area contributed by atoms with Crippen LogP contribution in [0.5, 0.6) is 0 Å². The quantitative estimate of drug-likeness (QED) is 0.845. The molecule has 1 heterocycles. The molecule has 4 heteroatoms. The van der Waals surface area contributed by atoms with Crippen LogP contribution in [0.1, 0.15) is 59.3 Å². The first-order chi connectivity index (χ1) is 9.56. The highest BCUT2D eigenvalue weighted by atomic mass is 32.2. The zero-order chi connectivity index (χ0) is 14.7. The zero-order valence-corrected chi connectivity index (χ0v) is 14.2. The monoisotopic (exact) mass is 298 g/mol. The highest BCUT2D eigenvalue weighted by Gasteiger charge is 2.42. The van der Waals surface area contributed by atoms with E-state index in [1.165, 1.54) is 25.7 Å². The second kappa shape index (κ2) is 7.17. The van der Waals surface area contributed by atoms with Crippen molar-refractivity contribution >= 4 is 17.7 Å². The Kier molecular flexibility index (Phi) is 5.79. The lowest BCUT2D eigenvalue weighted by Crippen LogP contribution is -2.47. The molecular weight excluding hydrogens is 268 g/mol. The molecule has 3 nitrogen and oxygen atoms in total. The van der Waals surface area contributed by atoms with Crippen molar-refractivity contribution in [3.63, 3.8) is 0 Å². The van der Waals surface area contributed by atoms with Crippen LogP contribution < -0.4 is 5.32 Å². The summed E-state index contributed by atoms with van der Waals surface area (Å²) in [6.07, 6.45) is 9.40. The topological polar surface area (TPSA) is 32.3 Å². The van der Waals surface area contributed by atoms with Gasteiger partial charge in [-0.1, -0.05) is 27.2 Å². The smallest absolute Gasteiger partial charge is 0.241 e. The number of carbonyl (C=O) groups is 1. The third-order valence-corrected chi connectivity index (χ3v) is 5.80. The van der Waals surface area contributed by atoms with Crippen LogP contribution >= 0.6 is 11.8 Å². The Labute approximate surface area is 128 Å². The number of hydrogen-bond donors (Lipinski definition) is 1. The Balaban J connectivity index is 2.10. The second-order valence-corrected chi connectivity index (χ2v) is 7.83. The van der Waals surface area contributed by atoms with Crippen molar-refractivity contribution in [3.8, 4) is 0 Å². The molecule has 1 saturated heterocycles. The number of carbonyl (C=O) groups excluding carboxylic acids is 1. The summed E-state index contributed by atoms with van der Waals surface area (Å²) in [6, 6.07) is 0.509. The summed E-state index contributed by atoms with van der Waals surface area (Å²) < 4.78 is 0. The number of amides is 1. The third-order valence-electron chi connectivity index (χ3n) is 4.71. The second-order valence-electron chi connectivity index (χ2n) is 6.70. The minimum Gasteiger partial charge on any atom is -0.323 e. The maximum absolute atomic E-state index is 12.7. The number of thioether (sulfide) groups is 1. The van der Waals surface area contributed by atoms with Gasteiger partial charge < -0.3 is 4.90 Å². The van der Waals surface area contributed by atoms with E-state index < -0.39 is 0 Å². The third kappa shape index (κ3) is 3.51. The van der Waals surface area contributed by atoms with Gasteiger partial charge in [-0.25, -0.2) is 0 Å². The maximum atomic E-state index is 12.7. The van der Waals surface area contributed by atoms with Gasteiger partial charge in [0, 0.05) is 11.3 Å². The number of rotatable bonds is 5. The first-order valence-electron chi connectivity index (χ1n) is 8.17. The summed E-state index contributed by atoms with van der Waals surface area (Å²) in [4.78, 5) is 14.9. The highest BCUT2D eigenvalue weighted by Crippen LogP contribution is 2.33. The predicted octanol–water partition coefficient (Wildman–Crippen LogP) is 3.24. The predicted molar refractivity (Wildman–Crippen MR) is 86.9 cm³/mol. The number of nitrogens with one attached hydrogen (secondary N) is 1. The van der Waals surface area contributed by atoms with Crippen LogP contribution in [-0.2, 0) is 4.79 Å². The van der Waals surface area contributed by atoms with Gasteiger partial charge in [-0.05, 0) is 44.3 Å². The molecule has 0 bridgehead atoms. The van der Waals surface area contributed by atoms with Gasteiger partial charge in [-0.3, -0.25) is 10.1 Å². The fraction of sp³-hybridized carbons (Fsp3) is 0.938. The van der Waals surface area contributed by atoms with Gasteiger partial charge in [0.25, 0.3) is 0 Å². The van der Waals surface area contributed by atoms with Gasteiger partial charge >= 0.3 is 0 Å². The van der Waals surface area contributed by atoms with Crippen molar-refractivity contribution in [3.05, 3.63) is 0 Å². The molecule has 0 spiro atoms. The molecule has 0 aromatic carbocycles. The summed E-state index contributed by atoms with van der Waals surface area (Å²) in [7, 11) is 0. The molecule has 4 unspecified atom stereocenters. The average molecular weight is 298 g/mol. The SMILES string of the molecule is CCC1NC(CC(C)C)N(C2CCCC(SC)C2)C1=O. The summed E-state index contributed by atoms with van der Waals surface area (Å²) in [6.45, 7) is 6.60. The van der Waals surface area contributed by atoms with Crippen LogP contribution in [0.25, 0.3) is 0 Å². The lowest BCUT2D eigenvalue weighted by atomic mass is 9.92. The normalized spacial score (nSPS) is 35.0. The number of hydrogen-bond acceptors (Lipinski definition) is 3. The van der Waals surface area contributed by atoms with Crippen LogP contribution in [-0.4, -0.2) is 40.6 Å². The Morgan fingerprint density at radius 3 is 2.75 bits per heavy atom. The van der Waals surface area contributed by atoms with E-state index in [1.54, 1.807) is 0 Å². The Morgan fingerprint density at radius 1 is 1.40 bits per heavy atom. The van der Waals surface area contributed by atoms with Crippen LogP contribution in [0.4, 0.5) is 0 Å². The minimum atomic E-state index is 0.0495. The van der Waals surface area contributed by atoms with E-state index in [4.69, 9.17) is 0 Å². The first kappa shape index (κ1) is 16.2. The van der Waals surface area contributed by atoms with E-state index in [2.05, 4.69) is 37.2 Å². The molecule has 0 aromatic rings. The van der Waals surface area contributed by atoms with Gasteiger partial charge in [-0.15, -0.1) is 0 Å². The van der Waals surface area contributed by atoms with Gasteiger partial charge in [0.1, 0.15) is 0 Å². The highest BCUT2D eigenvalue weighted by molar-refractivity contribution is 7.99. The van der Waals surface area contributed by atoms with Crippen LogP contribution in [0, 0.1) is 5.92 Å². The van der Waals surface area contributed by atoms with Crippen molar-refractivity contribution in [1.29, 1.82) is 0 Å². The molecule has 0 aromatic heterocycles. The molecule has 1 N–H and O–H groups in total. The molecule has 1 amide bonds. The lowest BCUT2D eigenvalue weighted by molar-refractivity contribution is -0.133. The molecule has 2 rings (SSSR count). The van der Waals surface area contributed by atoms with E-state index in [-0.39, 0.29) is 12.2 Å². The Hall–Kier alpha value is -0.220. The van der Waals surface area contributed by atoms with E-state index >= 15 is 0 Å². The lowest BCUT2D eigenvalue weighted by Gasteiger charge is -2.38. The van der Waals surface area contributed by atoms with E-state index in [0.29, 0.717) is 17.9 Å². The van der Waals surface area contributed by atoms with Crippen molar-refractivity contribution in [1.82, 2.24) is 10.2 Å². The minimum absolute atomic E-state index is 0.0495. The van der Waals surface area contributed by atoms with Gasteiger partial charge in [-0.2, -0.15) is 11.8 Å². The summed E-state index contributed by atoms with van der Waals surface area (Å²) >= 11 is 1.97. The van der Waals surface area contributed by atoms with E-state index in [1.807, 2.05) is 11.8 Å². The molecule has 20 heavy (non-hydrogen) atoms. The van der Waals surface area contributed by atoms with E-state index in [0.717, 1.165) is 18.1 Å². The van der Waals surface area contributed by atoms with Crippen LogP contribution in [0.2, 0.25) is 0 Å². The van der Waals surface area contributed by atoms with Gasteiger partial charge in [0.05, 0.1) is 12.2 Å². The molecule has 116 valence electrons. The Bertz CT molecular complexity index is 334. The first-order valence-corrected chi connectivity index (χ1v) is 9.46. The van der Waals surface area contributed by atoms with Crippen molar-refractivity contribution < 1.29 is 4.79 Å². The summed E-state index contributed by atoms with van der Waals surface area (Å²) in [5.74, 6) is 0.975. The maximum Gasteiger partial charge on any atom is 0.241 e. The van der Waals surface area contributed by atoms with Crippen molar-refractivity contribution in [2.24, 2.45) is 5.92 Å². The molecule has 2 aliphatic rings. The molecule has 1 aliphatic heterocycles. The molecular formula is C16H30N2OS. The molecule has 2 fully saturated rings. The zero-order valence-electron chi connectivity index (χ0n) is 13.4. The van der Waals surface area contributed by atoms with Gasteiger partial charge in [0.2, 0.25) is 5.91 Å². The summed E-state index contributed by atoms with van der Waals surface area (Å²) in [5.41, 5.74) is 0. The van der Waals surface area contributed by atoms with Crippen LogP contribution in [0.3, 0.4) is 0 Å². The molecule has 4 atom stereocenters. The molecule has 0 radical (unpaired) electrons. The molecule has 1 aliphatic carbocycles. The molecule has 1 saturated carbocycles. The van der Waals surface area contributed by atoms with E-state index in [9.17, 15) is 4.79 Å². The van der Waals surface area contributed by atoms with Crippen LogP contribution in [0.15, 0.2) is 0 Å². The number of nitrogens with zero attached hydrogens (tertiary/aromatic N) is 1. The summed E-state index contributed by atoms with van der Waals surface area (Å²) in [5, 5.41) is 4.31. The van der Waals surface area contributed by atoms with Crippen molar-refractivity contribution in [2.45, 2.75) is 82.8 Å².